The Hall–Kier alpha value is -3.68. The van der Waals surface area contributed by atoms with Crippen LogP contribution in [0.25, 0.3) is 21.9 Å². The average Bonchev–Trinajstić information content (AvgIpc) is 3.16. The monoisotopic (exact) mass is 392 g/mol. The number of nitrogens with zero attached hydrogens (tertiary/aromatic N) is 3. The minimum absolute atomic E-state index is 0.231. The van der Waals surface area contributed by atoms with E-state index in [2.05, 4.69) is 15.6 Å². The van der Waals surface area contributed by atoms with Crippen LogP contribution < -0.4 is 15.6 Å². The zero-order valence-electron chi connectivity index (χ0n) is 16.1. The van der Waals surface area contributed by atoms with E-state index in [1.807, 2.05) is 38.1 Å². The van der Waals surface area contributed by atoms with Gasteiger partial charge in [0.25, 0.3) is 5.56 Å². The molecule has 1 atom stereocenters. The summed E-state index contributed by atoms with van der Waals surface area (Å²) in [5, 5.41) is 12.0. The van der Waals surface area contributed by atoms with Gasteiger partial charge in [-0.05, 0) is 38.1 Å². The summed E-state index contributed by atoms with van der Waals surface area (Å²) >= 11 is 0. The van der Waals surface area contributed by atoms with E-state index in [0.717, 1.165) is 10.1 Å². The Balaban J connectivity index is 1.51. The van der Waals surface area contributed by atoms with Crippen molar-refractivity contribution in [1.82, 2.24) is 20.3 Å². The number of hydrogen-bond donors (Lipinski definition) is 1. The Bertz CT molecular complexity index is 1240. The molecule has 0 aliphatic rings. The lowest BCUT2D eigenvalue weighted by atomic mass is 10.2. The number of rotatable bonds is 6. The van der Waals surface area contributed by atoms with E-state index in [1.165, 1.54) is 0 Å². The van der Waals surface area contributed by atoms with Crippen molar-refractivity contribution >= 4 is 27.8 Å². The second-order valence-electron chi connectivity index (χ2n) is 6.61. The van der Waals surface area contributed by atoms with Crippen LogP contribution in [0.2, 0.25) is 0 Å². The summed E-state index contributed by atoms with van der Waals surface area (Å²) in [6.07, 6.45) is 0. The molecule has 1 amide bonds. The van der Waals surface area contributed by atoms with Crippen molar-refractivity contribution in [1.29, 1.82) is 0 Å². The molecule has 0 fully saturated rings. The van der Waals surface area contributed by atoms with Crippen molar-refractivity contribution in [2.24, 2.45) is 0 Å². The number of nitrogens with one attached hydrogen (secondary N) is 1. The van der Waals surface area contributed by atoms with Crippen LogP contribution in [0, 0.1) is 0 Å². The van der Waals surface area contributed by atoms with E-state index in [9.17, 15) is 9.59 Å². The van der Waals surface area contributed by atoms with Crippen LogP contribution in [-0.4, -0.2) is 27.5 Å². The number of amides is 1. The Kier molecular flexibility index (Phi) is 4.99. The Morgan fingerprint density at radius 2 is 2.07 bits per heavy atom. The van der Waals surface area contributed by atoms with Gasteiger partial charge in [0.2, 0.25) is 5.91 Å². The van der Waals surface area contributed by atoms with Crippen LogP contribution in [0.1, 0.15) is 25.6 Å². The van der Waals surface area contributed by atoms with Crippen molar-refractivity contribution in [3.63, 3.8) is 0 Å². The van der Waals surface area contributed by atoms with Gasteiger partial charge in [-0.1, -0.05) is 29.5 Å². The molecule has 1 unspecified atom stereocenters. The van der Waals surface area contributed by atoms with Crippen LogP contribution in [0.5, 0.6) is 5.75 Å². The third kappa shape index (κ3) is 3.69. The van der Waals surface area contributed by atoms with Crippen LogP contribution in [-0.2, 0) is 11.3 Å². The summed E-state index contributed by atoms with van der Waals surface area (Å²) in [4.78, 5) is 24.9. The highest BCUT2D eigenvalue weighted by Gasteiger charge is 2.17. The van der Waals surface area contributed by atoms with Crippen LogP contribution in [0.3, 0.4) is 0 Å². The molecule has 0 saturated carbocycles. The Morgan fingerprint density at radius 1 is 1.24 bits per heavy atom. The number of carbonyl (C=O) groups excluding carboxylic acids is 1. The molecule has 2 heterocycles. The van der Waals surface area contributed by atoms with Gasteiger partial charge < -0.3 is 14.5 Å². The van der Waals surface area contributed by atoms with E-state index in [-0.39, 0.29) is 18.0 Å². The van der Waals surface area contributed by atoms with E-state index >= 15 is 0 Å². The lowest BCUT2D eigenvalue weighted by molar-refractivity contribution is -0.122. The van der Waals surface area contributed by atoms with Gasteiger partial charge in [-0.2, -0.15) is 0 Å². The molecular formula is C21H20N4O4. The second-order valence-corrected chi connectivity index (χ2v) is 6.61. The van der Waals surface area contributed by atoms with Gasteiger partial charge in [0.15, 0.2) is 11.3 Å². The molecule has 2 aromatic carbocycles. The molecular weight excluding hydrogens is 372 g/mol. The van der Waals surface area contributed by atoms with Crippen molar-refractivity contribution < 1.29 is 13.9 Å². The molecule has 2 aromatic heterocycles. The first-order chi connectivity index (χ1) is 14.1. The molecule has 8 heteroatoms. The van der Waals surface area contributed by atoms with Gasteiger partial charge in [-0.25, -0.2) is 4.68 Å². The van der Waals surface area contributed by atoms with Gasteiger partial charge in [0.1, 0.15) is 17.8 Å². The lowest BCUT2D eigenvalue weighted by Gasteiger charge is -2.12. The number of fused-ring (bicyclic) bond motifs is 2. The molecule has 0 aliphatic carbocycles. The maximum Gasteiger partial charge on any atom is 0.278 e. The largest absolute Gasteiger partial charge is 0.490 e. The summed E-state index contributed by atoms with van der Waals surface area (Å²) in [5.41, 5.74) is 0.778. The fourth-order valence-electron chi connectivity index (χ4n) is 3.16. The summed E-state index contributed by atoms with van der Waals surface area (Å²) in [5.74, 6) is 0.889. The zero-order chi connectivity index (χ0) is 20.4. The maximum absolute atomic E-state index is 12.5. The third-order valence-corrected chi connectivity index (χ3v) is 4.55. The highest BCUT2D eigenvalue weighted by Crippen LogP contribution is 2.31. The summed E-state index contributed by atoms with van der Waals surface area (Å²) in [6, 6.07) is 14.0. The third-order valence-electron chi connectivity index (χ3n) is 4.55. The fraction of sp³-hybridized carbons (Fsp3) is 0.238. The Morgan fingerprint density at radius 3 is 2.90 bits per heavy atom. The first kappa shape index (κ1) is 18.7. The van der Waals surface area contributed by atoms with Crippen molar-refractivity contribution in [3.05, 3.63) is 64.6 Å². The number of aromatic nitrogens is 3. The van der Waals surface area contributed by atoms with Crippen LogP contribution in [0.15, 0.2) is 57.7 Å². The van der Waals surface area contributed by atoms with E-state index in [1.54, 1.807) is 24.3 Å². The van der Waals surface area contributed by atoms with Gasteiger partial charge in [0.05, 0.1) is 18.0 Å². The molecule has 1 N–H and O–H groups in total. The molecule has 0 spiro atoms. The normalized spacial score (nSPS) is 12.2. The van der Waals surface area contributed by atoms with Gasteiger partial charge in [0, 0.05) is 5.39 Å². The SMILES string of the molecule is CCOc1cccc2cc(C(C)NC(=O)Cn3nnc4ccccc4c3=O)oc12. The smallest absolute Gasteiger partial charge is 0.278 e. The fourth-order valence-corrected chi connectivity index (χ4v) is 3.16. The molecule has 148 valence electrons. The Labute approximate surface area is 166 Å². The number of hydrogen-bond acceptors (Lipinski definition) is 6. The highest BCUT2D eigenvalue weighted by atomic mass is 16.5. The first-order valence-electron chi connectivity index (χ1n) is 9.34. The van der Waals surface area contributed by atoms with E-state index < -0.39 is 6.04 Å². The summed E-state index contributed by atoms with van der Waals surface area (Å²) < 4.78 is 12.5. The minimum Gasteiger partial charge on any atom is -0.490 e. The van der Waals surface area contributed by atoms with Crippen molar-refractivity contribution in [2.75, 3.05) is 6.61 Å². The number of para-hydroxylation sites is 1. The molecule has 4 aromatic rings. The van der Waals surface area contributed by atoms with Gasteiger partial charge >= 0.3 is 0 Å². The van der Waals surface area contributed by atoms with Gasteiger partial charge in [-0.15, -0.1) is 5.10 Å². The minimum atomic E-state index is -0.395. The molecule has 0 saturated heterocycles. The zero-order valence-corrected chi connectivity index (χ0v) is 16.1. The molecule has 0 aliphatic heterocycles. The number of benzene rings is 2. The molecule has 8 nitrogen and oxygen atoms in total. The topological polar surface area (TPSA) is 99.2 Å². The summed E-state index contributed by atoms with van der Waals surface area (Å²) in [7, 11) is 0. The van der Waals surface area contributed by atoms with Crippen LogP contribution in [0.4, 0.5) is 0 Å². The number of carbonyl (C=O) groups is 1. The highest BCUT2D eigenvalue weighted by molar-refractivity contribution is 5.84. The number of ether oxygens (including phenoxy) is 1. The predicted molar refractivity (Wildman–Crippen MR) is 108 cm³/mol. The first-order valence-corrected chi connectivity index (χ1v) is 9.34. The maximum atomic E-state index is 12.5. The molecule has 4 rings (SSSR count). The quantitative estimate of drug-likeness (QED) is 0.542. The molecule has 0 radical (unpaired) electrons. The number of furan rings is 1. The van der Waals surface area contributed by atoms with Crippen molar-refractivity contribution in [2.45, 2.75) is 26.4 Å². The standard InChI is InChI=1S/C21H20N4O4/c1-3-28-17-10-6-7-14-11-18(29-20(14)17)13(2)22-19(26)12-25-21(27)15-8-4-5-9-16(15)23-24-25/h4-11,13H,3,12H2,1-2H3,(H,22,26). The predicted octanol–water partition coefficient (Wildman–Crippen LogP) is 2.81. The molecule has 29 heavy (non-hydrogen) atoms. The van der Waals surface area contributed by atoms with Crippen LogP contribution >= 0.6 is 0 Å². The van der Waals surface area contributed by atoms with Crippen molar-refractivity contribution in [3.8, 4) is 5.75 Å². The van der Waals surface area contributed by atoms with E-state index in [0.29, 0.717) is 34.6 Å². The molecule has 0 bridgehead atoms. The average molecular weight is 392 g/mol. The lowest BCUT2D eigenvalue weighted by Crippen LogP contribution is -2.35. The van der Waals surface area contributed by atoms with Gasteiger partial charge in [-0.3, -0.25) is 9.59 Å². The second kappa shape index (κ2) is 7.75. The summed E-state index contributed by atoms with van der Waals surface area (Å²) in [6.45, 7) is 4.02. The van der Waals surface area contributed by atoms with E-state index in [4.69, 9.17) is 9.15 Å².